The largest absolute Gasteiger partial charge is 0.573 e. The summed E-state index contributed by atoms with van der Waals surface area (Å²) < 4.78 is 47.4. The normalized spacial score (nSPS) is 11.5. The van der Waals surface area contributed by atoms with E-state index in [1.807, 2.05) is 0 Å². The Morgan fingerprint density at radius 3 is 2.36 bits per heavy atom. The third-order valence-electron chi connectivity index (χ3n) is 3.90. The number of ether oxygens (including phenoxy) is 2. The van der Waals surface area contributed by atoms with E-state index in [1.54, 1.807) is 18.2 Å². The number of anilines is 1. The summed E-state index contributed by atoms with van der Waals surface area (Å²) in [5.74, 6) is -1.36. The predicted molar refractivity (Wildman–Crippen MR) is 99.7 cm³/mol. The van der Waals surface area contributed by atoms with Crippen LogP contribution in [-0.2, 0) is 4.74 Å². The molecule has 28 heavy (non-hydrogen) atoms. The lowest BCUT2D eigenvalue weighted by molar-refractivity contribution is -0.274. The van der Waals surface area contributed by atoms with Crippen LogP contribution in [0.25, 0.3) is 16.6 Å². The highest BCUT2D eigenvalue weighted by molar-refractivity contribution is 9.10. The van der Waals surface area contributed by atoms with Crippen LogP contribution < -0.4 is 16.0 Å². The molecule has 0 amide bonds. The van der Waals surface area contributed by atoms with Crippen molar-refractivity contribution in [3.8, 4) is 11.4 Å². The quantitative estimate of drug-likeness (QED) is 0.601. The topological polar surface area (TPSA) is 83.6 Å². The molecule has 0 aliphatic heterocycles. The van der Waals surface area contributed by atoms with E-state index < -0.39 is 23.6 Å². The number of pyridine rings is 1. The summed E-state index contributed by atoms with van der Waals surface area (Å²) in [6.45, 7) is 0. The van der Waals surface area contributed by atoms with Crippen molar-refractivity contribution in [1.82, 2.24) is 4.57 Å². The number of carbonyl (C=O) groups excluding carboxylic acids is 1. The molecular formula is C18H12BrF3N2O4. The Morgan fingerprint density at radius 1 is 1.14 bits per heavy atom. The summed E-state index contributed by atoms with van der Waals surface area (Å²) in [5.41, 5.74) is 5.40. The van der Waals surface area contributed by atoms with Gasteiger partial charge in [0, 0.05) is 15.5 Å². The molecule has 1 heterocycles. The minimum atomic E-state index is -4.84. The molecule has 0 fully saturated rings. The lowest BCUT2D eigenvalue weighted by Crippen LogP contribution is -2.28. The molecule has 10 heteroatoms. The van der Waals surface area contributed by atoms with Gasteiger partial charge >= 0.3 is 12.3 Å². The Balaban J connectivity index is 2.29. The molecular weight excluding hydrogens is 445 g/mol. The number of esters is 1. The molecule has 0 atom stereocenters. The van der Waals surface area contributed by atoms with E-state index in [4.69, 9.17) is 5.73 Å². The smallest absolute Gasteiger partial charge is 0.465 e. The molecule has 6 nitrogen and oxygen atoms in total. The molecule has 2 aromatic carbocycles. The van der Waals surface area contributed by atoms with Crippen LogP contribution in [0.3, 0.4) is 0 Å². The Bertz CT molecular complexity index is 1120. The molecule has 146 valence electrons. The Kier molecular flexibility index (Phi) is 5.07. The second-order valence-electron chi connectivity index (χ2n) is 5.62. The molecule has 0 spiro atoms. The van der Waals surface area contributed by atoms with E-state index in [0.717, 1.165) is 19.2 Å². The fourth-order valence-electron chi connectivity index (χ4n) is 2.74. The number of fused-ring (bicyclic) bond motifs is 1. The highest BCUT2D eigenvalue weighted by Crippen LogP contribution is 2.29. The summed E-state index contributed by atoms with van der Waals surface area (Å²) in [6, 6.07) is 9.54. The van der Waals surface area contributed by atoms with Gasteiger partial charge in [-0.25, -0.2) is 4.79 Å². The van der Waals surface area contributed by atoms with Crippen molar-refractivity contribution in [2.24, 2.45) is 0 Å². The highest BCUT2D eigenvalue weighted by Gasteiger charge is 2.31. The van der Waals surface area contributed by atoms with Crippen molar-refractivity contribution in [2.45, 2.75) is 6.36 Å². The summed E-state index contributed by atoms with van der Waals surface area (Å²) in [7, 11) is 1.11. The van der Waals surface area contributed by atoms with Gasteiger partial charge in [-0.3, -0.25) is 9.36 Å². The van der Waals surface area contributed by atoms with Crippen molar-refractivity contribution in [3.63, 3.8) is 0 Å². The molecule has 0 aliphatic rings. The number of methoxy groups -OCH3 is 1. The molecule has 0 unspecified atom stereocenters. The highest BCUT2D eigenvalue weighted by atomic mass is 79.9. The SMILES string of the molecule is COC(=O)c1c(N)c2ccc(Br)cc2n(-c2ccc(OC(F)(F)F)cc2)c1=O. The van der Waals surface area contributed by atoms with Crippen LogP contribution in [0.4, 0.5) is 18.9 Å². The first-order valence-corrected chi connectivity index (χ1v) is 8.50. The molecule has 3 rings (SSSR count). The molecule has 0 saturated carbocycles. The Labute approximate surface area is 164 Å². The second kappa shape index (κ2) is 7.19. The Hall–Kier alpha value is -3.01. The third kappa shape index (κ3) is 3.68. The van der Waals surface area contributed by atoms with Gasteiger partial charge < -0.3 is 15.2 Å². The molecule has 3 aromatic rings. The standard InChI is InChI=1S/C18H12BrF3N2O4/c1-27-17(26)14-15(23)12-7-2-9(19)8-13(12)24(16(14)25)10-3-5-11(6-4-10)28-18(20,21)22/h2-8H,23H2,1H3. The first kappa shape index (κ1) is 19.7. The van der Waals surface area contributed by atoms with Crippen molar-refractivity contribution in [3.05, 3.63) is 62.9 Å². The minimum absolute atomic E-state index is 0.0485. The lowest BCUT2D eigenvalue weighted by Gasteiger charge is -2.16. The summed E-state index contributed by atoms with van der Waals surface area (Å²) in [5, 5.41) is 0.402. The lowest BCUT2D eigenvalue weighted by atomic mass is 10.1. The van der Waals surface area contributed by atoms with Crippen molar-refractivity contribution >= 4 is 38.5 Å². The first-order chi connectivity index (χ1) is 13.1. The van der Waals surface area contributed by atoms with Crippen molar-refractivity contribution < 1.29 is 27.4 Å². The molecule has 0 aliphatic carbocycles. The van der Waals surface area contributed by atoms with Crippen LogP contribution in [0.15, 0.2) is 51.7 Å². The zero-order chi connectivity index (χ0) is 20.6. The van der Waals surface area contributed by atoms with E-state index >= 15 is 0 Å². The molecule has 2 N–H and O–H groups in total. The number of rotatable bonds is 3. The maximum Gasteiger partial charge on any atom is 0.573 e. The maximum atomic E-state index is 13.0. The first-order valence-electron chi connectivity index (χ1n) is 7.70. The van der Waals surface area contributed by atoms with Gasteiger partial charge in [0.1, 0.15) is 11.3 Å². The van der Waals surface area contributed by atoms with Crippen molar-refractivity contribution in [1.29, 1.82) is 0 Å². The number of benzene rings is 2. The summed E-state index contributed by atoms with van der Waals surface area (Å²) >= 11 is 3.30. The second-order valence-corrected chi connectivity index (χ2v) is 6.54. The molecule has 0 saturated heterocycles. The summed E-state index contributed by atoms with van der Waals surface area (Å²) in [4.78, 5) is 25.1. The zero-order valence-electron chi connectivity index (χ0n) is 14.2. The Morgan fingerprint density at radius 2 is 1.79 bits per heavy atom. The number of halogens is 4. The van der Waals surface area contributed by atoms with Gasteiger partial charge in [-0.1, -0.05) is 15.9 Å². The van der Waals surface area contributed by atoms with E-state index in [0.29, 0.717) is 15.4 Å². The van der Waals surface area contributed by atoms with Crippen LogP contribution in [0.2, 0.25) is 0 Å². The monoisotopic (exact) mass is 456 g/mol. The van der Waals surface area contributed by atoms with Crippen LogP contribution >= 0.6 is 15.9 Å². The third-order valence-corrected chi connectivity index (χ3v) is 4.39. The van der Waals surface area contributed by atoms with Crippen LogP contribution in [0.1, 0.15) is 10.4 Å². The van der Waals surface area contributed by atoms with E-state index in [-0.39, 0.29) is 16.9 Å². The number of aromatic nitrogens is 1. The van der Waals surface area contributed by atoms with Crippen LogP contribution in [0, 0.1) is 0 Å². The van der Waals surface area contributed by atoms with E-state index in [2.05, 4.69) is 25.4 Å². The average molecular weight is 457 g/mol. The van der Waals surface area contributed by atoms with Crippen LogP contribution in [-0.4, -0.2) is 24.0 Å². The average Bonchev–Trinajstić information content (AvgIpc) is 2.61. The van der Waals surface area contributed by atoms with Gasteiger partial charge in [-0.15, -0.1) is 13.2 Å². The summed E-state index contributed by atoms with van der Waals surface area (Å²) in [6.07, 6.45) is -4.84. The zero-order valence-corrected chi connectivity index (χ0v) is 15.8. The fraction of sp³-hybridized carbons (Fsp3) is 0.111. The van der Waals surface area contributed by atoms with Gasteiger partial charge in [0.2, 0.25) is 0 Å². The van der Waals surface area contributed by atoms with Gasteiger partial charge in [-0.05, 0) is 42.5 Å². The molecule has 1 aromatic heterocycles. The van der Waals surface area contributed by atoms with Gasteiger partial charge in [0.25, 0.3) is 5.56 Å². The van der Waals surface area contributed by atoms with Crippen LogP contribution in [0.5, 0.6) is 5.75 Å². The molecule has 0 bridgehead atoms. The number of hydrogen-bond donors (Lipinski definition) is 1. The number of hydrogen-bond acceptors (Lipinski definition) is 5. The van der Waals surface area contributed by atoms with Gasteiger partial charge in [0.05, 0.1) is 18.3 Å². The number of nitrogens with two attached hydrogens (primary N) is 1. The fourth-order valence-corrected chi connectivity index (χ4v) is 3.09. The predicted octanol–water partition coefficient (Wildman–Crippen LogP) is 4.02. The maximum absolute atomic E-state index is 13.0. The number of nitrogens with zero attached hydrogens (tertiary/aromatic N) is 1. The molecule has 0 radical (unpaired) electrons. The van der Waals surface area contributed by atoms with E-state index in [1.165, 1.54) is 16.7 Å². The van der Waals surface area contributed by atoms with Gasteiger partial charge in [0.15, 0.2) is 0 Å². The van der Waals surface area contributed by atoms with E-state index in [9.17, 15) is 22.8 Å². The minimum Gasteiger partial charge on any atom is -0.465 e. The van der Waals surface area contributed by atoms with Crippen molar-refractivity contribution in [2.75, 3.05) is 12.8 Å². The number of carbonyl (C=O) groups is 1. The number of nitrogen functional groups attached to an aromatic ring is 1. The van der Waals surface area contributed by atoms with Gasteiger partial charge in [-0.2, -0.15) is 0 Å². The number of alkyl halides is 3.